The fraction of sp³-hybridized carbons (Fsp3) is 0.630. The Kier molecular flexibility index (Phi) is 11.9. The number of primary amides is 1. The summed E-state index contributed by atoms with van der Waals surface area (Å²) in [6.07, 6.45) is 1.31. The zero-order valence-corrected chi connectivity index (χ0v) is 23.2. The molecule has 0 heterocycles. The van der Waals surface area contributed by atoms with Gasteiger partial charge in [0.25, 0.3) is 0 Å². The number of nitrogens with one attached hydrogen (secondary N) is 2. The highest BCUT2D eigenvalue weighted by molar-refractivity contribution is 5.92. The summed E-state index contributed by atoms with van der Waals surface area (Å²) in [6, 6.07) is 3.88. The minimum absolute atomic E-state index is 0.0218. The van der Waals surface area contributed by atoms with Crippen molar-refractivity contribution in [3.63, 3.8) is 0 Å². The van der Waals surface area contributed by atoms with Crippen molar-refractivity contribution in [3.8, 4) is 5.75 Å². The highest BCUT2D eigenvalue weighted by atomic mass is 16.6. The third kappa shape index (κ3) is 12.0. The number of rotatable bonds is 12. The summed E-state index contributed by atoms with van der Waals surface area (Å²) in [6.45, 7) is 12.9. The molecule has 4 amide bonds. The van der Waals surface area contributed by atoms with Crippen LogP contribution >= 0.6 is 0 Å². The van der Waals surface area contributed by atoms with E-state index in [1.165, 1.54) is 17.0 Å². The Morgan fingerprint density at radius 2 is 1.62 bits per heavy atom. The molecule has 0 radical (unpaired) electrons. The number of unbranched alkanes of at least 4 members (excludes halogenated alkanes) is 2. The zero-order chi connectivity index (χ0) is 28.4. The number of aromatic hydroxyl groups is 1. The van der Waals surface area contributed by atoms with Crippen molar-refractivity contribution in [1.82, 2.24) is 15.5 Å². The maximum Gasteiger partial charge on any atom is 0.408 e. The molecule has 0 fully saturated rings. The molecular weight excluding hydrogens is 476 g/mol. The van der Waals surface area contributed by atoms with Crippen molar-refractivity contribution in [3.05, 3.63) is 29.8 Å². The Morgan fingerprint density at radius 3 is 2.11 bits per heavy atom. The molecule has 2 unspecified atom stereocenters. The molecule has 0 spiro atoms. The molecule has 10 nitrogen and oxygen atoms in total. The van der Waals surface area contributed by atoms with Crippen molar-refractivity contribution < 1.29 is 29.0 Å². The summed E-state index contributed by atoms with van der Waals surface area (Å²) in [5, 5.41) is 15.3. The SMILES string of the molecule is CCCCCN(C(=O)C(CCC(N)=O)NC(=O)OC(C)(C)C)C(C(=O)NC(C)(C)C)c1ccc(O)cc1. The molecule has 10 heteroatoms. The molecule has 0 aliphatic heterocycles. The van der Waals surface area contributed by atoms with E-state index in [0.29, 0.717) is 12.0 Å². The first kappa shape index (κ1) is 31.7. The van der Waals surface area contributed by atoms with Crippen LogP contribution in [0.15, 0.2) is 24.3 Å². The summed E-state index contributed by atoms with van der Waals surface area (Å²) in [7, 11) is 0. The first-order valence-electron chi connectivity index (χ1n) is 12.7. The number of carbonyl (C=O) groups is 4. The summed E-state index contributed by atoms with van der Waals surface area (Å²) in [4.78, 5) is 53.1. The van der Waals surface area contributed by atoms with E-state index >= 15 is 0 Å². The molecule has 5 N–H and O–H groups in total. The van der Waals surface area contributed by atoms with E-state index in [1.54, 1.807) is 32.9 Å². The molecule has 37 heavy (non-hydrogen) atoms. The molecule has 1 aromatic rings. The Morgan fingerprint density at radius 1 is 1.03 bits per heavy atom. The molecule has 1 rings (SSSR count). The fourth-order valence-corrected chi connectivity index (χ4v) is 3.66. The third-order valence-electron chi connectivity index (χ3n) is 5.22. The number of alkyl carbamates (subject to hydrolysis) is 1. The molecule has 0 aromatic heterocycles. The molecule has 1 aromatic carbocycles. The van der Waals surface area contributed by atoms with Gasteiger partial charge in [-0.2, -0.15) is 0 Å². The molecule has 0 aliphatic rings. The van der Waals surface area contributed by atoms with Gasteiger partial charge in [0.05, 0.1) is 0 Å². The molecule has 0 aliphatic carbocycles. The van der Waals surface area contributed by atoms with Crippen molar-refractivity contribution in [1.29, 1.82) is 0 Å². The van der Waals surface area contributed by atoms with Crippen LogP contribution < -0.4 is 16.4 Å². The van der Waals surface area contributed by atoms with E-state index < -0.39 is 47.0 Å². The van der Waals surface area contributed by atoms with Gasteiger partial charge in [-0.15, -0.1) is 0 Å². The van der Waals surface area contributed by atoms with Crippen LogP contribution in [0.1, 0.15) is 92.2 Å². The second-order valence-electron chi connectivity index (χ2n) is 11.2. The van der Waals surface area contributed by atoms with Gasteiger partial charge in [0.2, 0.25) is 17.7 Å². The van der Waals surface area contributed by atoms with Crippen LogP contribution in [0.25, 0.3) is 0 Å². The highest BCUT2D eigenvalue weighted by Crippen LogP contribution is 2.26. The Balaban J connectivity index is 3.51. The molecule has 0 bridgehead atoms. The second kappa shape index (κ2) is 13.9. The molecule has 2 atom stereocenters. The number of carbonyl (C=O) groups excluding carboxylic acids is 4. The number of nitrogens with zero attached hydrogens (tertiary/aromatic N) is 1. The van der Waals surface area contributed by atoms with Gasteiger partial charge < -0.3 is 31.1 Å². The maximum atomic E-state index is 14.0. The number of hydrogen-bond acceptors (Lipinski definition) is 6. The van der Waals surface area contributed by atoms with Gasteiger partial charge in [-0.05, 0) is 72.1 Å². The Bertz CT molecular complexity index is 918. The summed E-state index contributed by atoms with van der Waals surface area (Å²) < 4.78 is 5.33. The summed E-state index contributed by atoms with van der Waals surface area (Å²) in [5.74, 6) is -1.55. The van der Waals surface area contributed by atoms with Gasteiger partial charge in [0.1, 0.15) is 23.4 Å². The average molecular weight is 521 g/mol. The summed E-state index contributed by atoms with van der Waals surface area (Å²) >= 11 is 0. The quantitative estimate of drug-likeness (QED) is 0.310. The fourth-order valence-electron chi connectivity index (χ4n) is 3.66. The first-order valence-corrected chi connectivity index (χ1v) is 12.7. The number of hydrogen-bond donors (Lipinski definition) is 4. The minimum Gasteiger partial charge on any atom is -0.508 e. The minimum atomic E-state index is -1.15. The predicted octanol–water partition coefficient (Wildman–Crippen LogP) is 3.53. The van der Waals surface area contributed by atoms with Gasteiger partial charge in [-0.25, -0.2) is 4.79 Å². The summed E-state index contributed by atoms with van der Waals surface area (Å²) in [5.41, 5.74) is 4.45. The van der Waals surface area contributed by atoms with Gasteiger partial charge in [-0.1, -0.05) is 31.9 Å². The lowest BCUT2D eigenvalue weighted by Gasteiger charge is -2.36. The van der Waals surface area contributed by atoms with Gasteiger partial charge in [-0.3, -0.25) is 14.4 Å². The van der Waals surface area contributed by atoms with Crippen molar-refractivity contribution in [2.24, 2.45) is 5.73 Å². The third-order valence-corrected chi connectivity index (χ3v) is 5.22. The lowest BCUT2D eigenvalue weighted by Crippen LogP contribution is -2.55. The van der Waals surface area contributed by atoms with Crippen molar-refractivity contribution in [2.75, 3.05) is 6.54 Å². The van der Waals surface area contributed by atoms with Crippen LogP contribution in [0.3, 0.4) is 0 Å². The van der Waals surface area contributed by atoms with Crippen molar-refractivity contribution >= 4 is 23.8 Å². The largest absolute Gasteiger partial charge is 0.508 e. The second-order valence-corrected chi connectivity index (χ2v) is 11.2. The van der Waals surface area contributed by atoms with Gasteiger partial charge in [0, 0.05) is 18.5 Å². The zero-order valence-electron chi connectivity index (χ0n) is 23.2. The number of ether oxygens (including phenoxy) is 1. The number of nitrogens with two attached hydrogens (primary N) is 1. The predicted molar refractivity (Wildman–Crippen MR) is 142 cm³/mol. The van der Waals surface area contributed by atoms with Gasteiger partial charge >= 0.3 is 6.09 Å². The van der Waals surface area contributed by atoms with Crippen LogP contribution in [0.2, 0.25) is 0 Å². The average Bonchev–Trinajstić information content (AvgIpc) is 2.74. The van der Waals surface area contributed by atoms with E-state index in [4.69, 9.17) is 10.5 Å². The Hall–Kier alpha value is -3.30. The highest BCUT2D eigenvalue weighted by Gasteiger charge is 2.37. The monoisotopic (exact) mass is 520 g/mol. The van der Waals surface area contributed by atoms with E-state index in [0.717, 1.165) is 12.8 Å². The molecule has 0 saturated carbocycles. The normalized spacial score (nSPS) is 13.3. The van der Waals surface area contributed by atoms with Crippen LogP contribution in [0.4, 0.5) is 4.79 Å². The number of phenolic OH excluding ortho intramolecular Hbond substituents is 1. The van der Waals surface area contributed by atoms with Crippen LogP contribution in [-0.2, 0) is 19.1 Å². The standard InChI is InChI=1S/C27H44N4O6/c1-8-9-10-17-31(22(23(34)30-26(2,3)4)18-11-13-19(32)14-12-18)24(35)20(15-16-21(28)33)29-25(36)37-27(5,6)7/h11-14,20,22,32H,8-10,15-17H2,1-7H3,(H2,28,33)(H,29,36)(H,30,34). The van der Waals surface area contributed by atoms with Crippen molar-refractivity contribution in [2.45, 2.75) is 104 Å². The number of phenols is 1. The lowest BCUT2D eigenvalue weighted by atomic mass is 9.99. The van der Waals surface area contributed by atoms with Crippen LogP contribution in [0, 0.1) is 0 Å². The van der Waals surface area contributed by atoms with E-state index in [1.807, 2.05) is 27.7 Å². The number of amides is 4. The van der Waals surface area contributed by atoms with Gasteiger partial charge in [0.15, 0.2) is 0 Å². The first-order chi connectivity index (χ1) is 17.0. The van der Waals surface area contributed by atoms with E-state index in [9.17, 15) is 24.3 Å². The van der Waals surface area contributed by atoms with Crippen LogP contribution in [0.5, 0.6) is 5.75 Å². The smallest absolute Gasteiger partial charge is 0.408 e. The number of benzene rings is 1. The van der Waals surface area contributed by atoms with Crippen LogP contribution in [-0.4, -0.2) is 57.5 Å². The molecule has 208 valence electrons. The topological polar surface area (TPSA) is 151 Å². The lowest BCUT2D eigenvalue weighted by molar-refractivity contribution is -0.143. The Labute approximate surface area is 220 Å². The van der Waals surface area contributed by atoms with E-state index in [-0.39, 0.29) is 25.1 Å². The van der Waals surface area contributed by atoms with E-state index in [2.05, 4.69) is 10.6 Å². The molecular formula is C27H44N4O6. The maximum absolute atomic E-state index is 14.0. The molecule has 0 saturated heterocycles.